The highest BCUT2D eigenvalue weighted by Gasteiger charge is 2.14. The number of anilines is 1. The summed E-state index contributed by atoms with van der Waals surface area (Å²) in [6, 6.07) is 1.46. The SMILES string of the molecule is CNC(CNc1sccc1C)C(=O)O. The van der Waals surface area contributed by atoms with Gasteiger partial charge in [0.2, 0.25) is 0 Å². The molecule has 1 atom stereocenters. The number of aliphatic carboxylic acids is 1. The van der Waals surface area contributed by atoms with Crippen molar-refractivity contribution < 1.29 is 9.90 Å². The summed E-state index contributed by atoms with van der Waals surface area (Å²) >= 11 is 1.58. The molecule has 0 bridgehead atoms. The van der Waals surface area contributed by atoms with Crippen molar-refractivity contribution in [1.82, 2.24) is 5.32 Å². The van der Waals surface area contributed by atoms with Crippen LogP contribution in [0.5, 0.6) is 0 Å². The lowest BCUT2D eigenvalue weighted by Gasteiger charge is -2.12. The van der Waals surface area contributed by atoms with Crippen LogP contribution < -0.4 is 10.6 Å². The number of carboxylic acids is 1. The van der Waals surface area contributed by atoms with Crippen molar-refractivity contribution in [2.45, 2.75) is 13.0 Å². The van der Waals surface area contributed by atoms with E-state index in [4.69, 9.17) is 5.11 Å². The first-order valence-electron chi connectivity index (χ1n) is 4.33. The molecule has 0 aliphatic heterocycles. The van der Waals surface area contributed by atoms with E-state index in [-0.39, 0.29) is 0 Å². The molecule has 14 heavy (non-hydrogen) atoms. The van der Waals surface area contributed by atoms with Crippen LogP contribution in [0.1, 0.15) is 5.56 Å². The van der Waals surface area contributed by atoms with Gasteiger partial charge in [0.15, 0.2) is 0 Å². The van der Waals surface area contributed by atoms with Crippen LogP contribution >= 0.6 is 11.3 Å². The number of likely N-dealkylation sites (N-methyl/N-ethyl adjacent to an activating group) is 1. The van der Waals surface area contributed by atoms with Crippen molar-refractivity contribution in [3.63, 3.8) is 0 Å². The number of carboxylic acid groups (broad SMARTS) is 1. The van der Waals surface area contributed by atoms with E-state index in [2.05, 4.69) is 10.6 Å². The lowest BCUT2D eigenvalue weighted by molar-refractivity contribution is -0.138. The first-order chi connectivity index (χ1) is 6.65. The highest BCUT2D eigenvalue weighted by atomic mass is 32.1. The molecule has 0 fully saturated rings. The van der Waals surface area contributed by atoms with Gasteiger partial charge < -0.3 is 15.7 Å². The molecule has 1 aromatic heterocycles. The molecule has 0 spiro atoms. The van der Waals surface area contributed by atoms with Crippen molar-refractivity contribution in [3.05, 3.63) is 17.0 Å². The Morgan fingerprint density at radius 3 is 2.86 bits per heavy atom. The lowest BCUT2D eigenvalue weighted by Crippen LogP contribution is -2.39. The van der Waals surface area contributed by atoms with Gasteiger partial charge >= 0.3 is 5.97 Å². The van der Waals surface area contributed by atoms with E-state index in [0.717, 1.165) is 10.6 Å². The minimum Gasteiger partial charge on any atom is -0.480 e. The maximum absolute atomic E-state index is 10.7. The molecule has 0 aromatic carbocycles. The molecule has 3 N–H and O–H groups in total. The number of nitrogens with one attached hydrogen (secondary N) is 2. The number of carbonyl (C=O) groups is 1. The zero-order valence-electron chi connectivity index (χ0n) is 8.20. The molecule has 0 saturated heterocycles. The summed E-state index contributed by atoms with van der Waals surface area (Å²) in [6.07, 6.45) is 0. The smallest absolute Gasteiger partial charge is 0.322 e. The molecule has 0 radical (unpaired) electrons. The molecule has 1 unspecified atom stereocenters. The predicted molar refractivity (Wildman–Crippen MR) is 58.0 cm³/mol. The van der Waals surface area contributed by atoms with E-state index < -0.39 is 12.0 Å². The van der Waals surface area contributed by atoms with Gasteiger partial charge in [-0.05, 0) is 31.0 Å². The van der Waals surface area contributed by atoms with Crippen LogP contribution in [0.3, 0.4) is 0 Å². The molecule has 1 aromatic rings. The largest absolute Gasteiger partial charge is 0.480 e. The van der Waals surface area contributed by atoms with Gasteiger partial charge in [0.25, 0.3) is 0 Å². The summed E-state index contributed by atoms with van der Waals surface area (Å²) in [5.74, 6) is -0.839. The summed E-state index contributed by atoms with van der Waals surface area (Å²) in [4.78, 5) is 10.7. The van der Waals surface area contributed by atoms with Crippen molar-refractivity contribution in [2.24, 2.45) is 0 Å². The van der Waals surface area contributed by atoms with Crippen LogP contribution in [0.15, 0.2) is 11.4 Å². The monoisotopic (exact) mass is 214 g/mol. The lowest BCUT2D eigenvalue weighted by atomic mass is 10.3. The fourth-order valence-corrected chi connectivity index (χ4v) is 1.89. The number of aryl methyl sites for hydroxylation is 1. The molecule has 0 saturated carbocycles. The third kappa shape index (κ3) is 2.71. The number of thiophene rings is 1. The summed E-state index contributed by atoms with van der Waals surface area (Å²) in [6.45, 7) is 2.39. The van der Waals surface area contributed by atoms with Gasteiger partial charge in [-0.2, -0.15) is 0 Å². The average molecular weight is 214 g/mol. The third-order valence-corrected chi connectivity index (χ3v) is 2.95. The van der Waals surface area contributed by atoms with Crippen molar-refractivity contribution >= 4 is 22.3 Å². The van der Waals surface area contributed by atoms with Gasteiger partial charge in [-0.1, -0.05) is 0 Å². The topological polar surface area (TPSA) is 61.4 Å². The van der Waals surface area contributed by atoms with Crippen LogP contribution in [-0.2, 0) is 4.79 Å². The van der Waals surface area contributed by atoms with Crippen LogP contribution in [0.25, 0.3) is 0 Å². The second-order valence-corrected chi connectivity index (χ2v) is 3.91. The molecule has 1 rings (SSSR count). The van der Waals surface area contributed by atoms with Crippen LogP contribution in [-0.4, -0.2) is 30.7 Å². The quantitative estimate of drug-likeness (QED) is 0.688. The first kappa shape index (κ1) is 11.0. The molecule has 78 valence electrons. The summed E-state index contributed by atoms with van der Waals surface area (Å²) in [5, 5.41) is 17.6. The Morgan fingerprint density at radius 1 is 1.71 bits per heavy atom. The van der Waals surface area contributed by atoms with E-state index >= 15 is 0 Å². The Balaban J connectivity index is 2.47. The fraction of sp³-hybridized carbons (Fsp3) is 0.444. The molecule has 4 nitrogen and oxygen atoms in total. The standard InChI is InChI=1S/C9H14N2O2S/c1-6-3-4-14-8(6)11-5-7(10-2)9(12)13/h3-4,7,10-11H,5H2,1-2H3,(H,12,13). The molecule has 0 aliphatic rings. The van der Waals surface area contributed by atoms with Gasteiger partial charge in [0, 0.05) is 6.54 Å². The van der Waals surface area contributed by atoms with Gasteiger partial charge in [-0.25, -0.2) is 0 Å². The highest BCUT2D eigenvalue weighted by Crippen LogP contribution is 2.21. The predicted octanol–water partition coefficient (Wildman–Crippen LogP) is 1.14. The second-order valence-electron chi connectivity index (χ2n) is 2.99. The van der Waals surface area contributed by atoms with Gasteiger partial charge in [0.1, 0.15) is 6.04 Å². The fourth-order valence-electron chi connectivity index (χ4n) is 1.06. The van der Waals surface area contributed by atoms with Crippen molar-refractivity contribution in [3.8, 4) is 0 Å². The summed E-state index contributed by atoms with van der Waals surface area (Å²) in [7, 11) is 1.64. The zero-order valence-corrected chi connectivity index (χ0v) is 9.02. The minimum absolute atomic E-state index is 0.396. The zero-order chi connectivity index (χ0) is 10.6. The average Bonchev–Trinajstić information content (AvgIpc) is 2.52. The van der Waals surface area contributed by atoms with E-state index in [1.54, 1.807) is 18.4 Å². The maximum Gasteiger partial charge on any atom is 0.322 e. The molecule has 1 heterocycles. The Kier molecular flexibility index (Phi) is 3.91. The van der Waals surface area contributed by atoms with E-state index in [1.807, 2.05) is 18.4 Å². The van der Waals surface area contributed by atoms with Gasteiger partial charge in [0.05, 0.1) is 5.00 Å². The summed E-state index contributed by atoms with van der Waals surface area (Å²) in [5.41, 5.74) is 1.15. The Hall–Kier alpha value is -1.07. The Labute approximate surface area is 87.0 Å². The maximum atomic E-state index is 10.7. The van der Waals surface area contributed by atoms with Crippen LogP contribution in [0.4, 0.5) is 5.00 Å². The number of hydrogen-bond acceptors (Lipinski definition) is 4. The highest BCUT2D eigenvalue weighted by molar-refractivity contribution is 7.14. The summed E-state index contributed by atoms with van der Waals surface area (Å²) < 4.78 is 0. The van der Waals surface area contributed by atoms with Crippen molar-refractivity contribution in [2.75, 3.05) is 18.9 Å². The van der Waals surface area contributed by atoms with Gasteiger partial charge in [-0.3, -0.25) is 4.79 Å². The minimum atomic E-state index is -0.839. The molecule has 5 heteroatoms. The Bertz CT molecular complexity index is 312. The third-order valence-electron chi connectivity index (χ3n) is 1.98. The van der Waals surface area contributed by atoms with E-state index in [9.17, 15) is 4.79 Å². The van der Waals surface area contributed by atoms with E-state index in [1.165, 1.54) is 0 Å². The van der Waals surface area contributed by atoms with Crippen LogP contribution in [0.2, 0.25) is 0 Å². The molecule has 0 amide bonds. The second kappa shape index (κ2) is 4.97. The normalized spacial score (nSPS) is 12.4. The Morgan fingerprint density at radius 2 is 2.43 bits per heavy atom. The van der Waals surface area contributed by atoms with Gasteiger partial charge in [-0.15, -0.1) is 11.3 Å². The molecular weight excluding hydrogens is 200 g/mol. The number of hydrogen-bond donors (Lipinski definition) is 3. The molecular formula is C9H14N2O2S. The number of rotatable bonds is 5. The van der Waals surface area contributed by atoms with Crippen LogP contribution in [0, 0.1) is 6.92 Å². The van der Waals surface area contributed by atoms with E-state index in [0.29, 0.717) is 6.54 Å². The molecule has 0 aliphatic carbocycles. The van der Waals surface area contributed by atoms with Crippen molar-refractivity contribution in [1.29, 1.82) is 0 Å². The first-order valence-corrected chi connectivity index (χ1v) is 5.21.